The number of hydrogen-bond acceptors (Lipinski definition) is 6. The third-order valence-electron chi connectivity index (χ3n) is 6.48. The van der Waals surface area contributed by atoms with E-state index in [1.165, 1.54) is 12.1 Å². The van der Waals surface area contributed by atoms with Crippen LogP contribution in [0.3, 0.4) is 0 Å². The zero-order chi connectivity index (χ0) is 24.2. The summed E-state index contributed by atoms with van der Waals surface area (Å²) in [6, 6.07) is 16.0. The molecule has 0 spiro atoms. The van der Waals surface area contributed by atoms with Crippen molar-refractivity contribution >= 4 is 22.4 Å². The molecular formula is C26H22N4O4. The smallest absolute Gasteiger partial charge is 0.269 e. The molecule has 8 nitrogen and oxygen atoms in total. The zero-order valence-corrected chi connectivity index (χ0v) is 18.7. The molecule has 1 aromatic heterocycles. The number of para-hydroxylation sites is 1. The highest BCUT2D eigenvalue weighted by Crippen LogP contribution is 2.51. The number of hydrogen-bond donors (Lipinski definition) is 2. The third kappa shape index (κ3) is 3.33. The van der Waals surface area contributed by atoms with E-state index in [1.54, 1.807) is 12.1 Å². The van der Waals surface area contributed by atoms with E-state index in [0.717, 1.165) is 16.5 Å². The number of aromatic amines is 1. The van der Waals surface area contributed by atoms with Gasteiger partial charge in [0.2, 0.25) is 5.88 Å². The molecule has 1 atom stereocenters. The van der Waals surface area contributed by atoms with Crippen molar-refractivity contribution in [1.29, 1.82) is 5.26 Å². The Bertz CT molecular complexity index is 1470. The molecule has 8 heteroatoms. The molecule has 0 saturated heterocycles. The molecule has 1 aliphatic heterocycles. The molecule has 34 heavy (non-hydrogen) atoms. The second-order valence-corrected chi connectivity index (χ2v) is 9.47. The van der Waals surface area contributed by atoms with Crippen molar-refractivity contribution in [3.05, 3.63) is 87.0 Å². The van der Waals surface area contributed by atoms with E-state index in [0.29, 0.717) is 35.4 Å². The summed E-state index contributed by atoms with van der Waals surface area (Å²) in [5.41, 5.74) is 9.47. The largest absolute Gasteiger partial charge is 0.444 e. The number of rotatable bonds is 3. The van der Waals surface area contributed by atoms with E-state index in [1.807, 2.05) is 38.1 Å². The molecule has 0 saturated carbocycles. The number of nitriles is 1. The number of nitro groups is 1. The van der Waals surface area contributed by atoms with Crippen molar-refractivity contribution < 1.29 is 14.5 Å². The Morgan fingerprint density at radius 3 is 2.56 bits per heavy atom. The van der Waals surface area contributed by atoms with E-state index in [2.05, 4.69) is 11.1 Å². The third-order valence-corrected chi connectivity index (χ3v) is 6.48. The van der Waals surface area contributed by atoms with Gasteiger partial charge in [0.05, 0.1) is 16.5 Å². The van der Waals surface area contributed by atoms with Crippen molar-refractivity contribution in [2.45, 2.75) is 32.6 Å². The van der Waals surface area contributed by atoms with Gasteiger partial charge < -0.3 is 15.5 Å². The van der Waals surface area contributed by atoms with Crippen LogP contribution in [-0.4, -0.2) is 15.7 Å². The summed E-state index contributed by atoms with van der Waals surface area (Å²) >= 11 is 0. The van der Waals surface area contributed by atoms with Crippen LogP contribution in [0.4, 0.5) is 5.69 Å². The van der Waals surface area contributed by atoms with Gasteiger partial charge in [0.1, 0.15) is 17.4 Å². The Balaban J connectivity index is 1.80. The van der Waals surface area contributed by atoms with Crippen LogP contribution in [0.2, 0.25) is 0 Å². The molecule has 0 radical (unpaired) electrons. The van der Waals surface area contributed by atoms with E-state index in [4.69, 9.17) is 10.5 Å². The average Bonchev–Trinajstić information content (AvgIpc) is 3.16. The number of ketones is 1. The molecule has 2 aliphatic rings. The Hall–Kier alpha value is -4.38. The lowest BCUT2D eigenvalue weighted by atomic mass is 9.69. The van der Waals surface area contributed by atoms with Gasteiger partial charge in [0.25, 0.3) is 5.69 Å². The minimum absolute atomic E-state index is 0.00307. The number of ether oxygens (including phenoxy) is 1. The Morgan fingerprint density at radius 1 is 1.18 bits per heavy atom. The van der Waals surface area contributed by atoms with Gasteiger partial charge in [-0.15, -0.1) is 0 Å². The zero-order valence-electron chi connectivity index (χ0n) is 18.7. The fourth-order valence-corrected chi connectivity index (χ4v) is 5.01. The first-order valence-electron chi connectivity index (χ1n) is 10.9. The van der Waals surface area contributed by atoms with Crippen molar-refractivity contribution in [1.82, 2.24) is 4.98 Å². The van der Waals surface area contributed by atoms with Gasteiger partial charge in [-0.3, -0.25) is 14.9 Å². The van der Waals surface area contributed by atoms with Crippen LogP contribution in [0, 0.1) is 26.9 Å². The molecule has 5 rings (SSSR count). The van der Waals surface area contributed by atoms with Crippen LogP contribution in [0.15, 0.2) is 71.3 Å². The van der Waals surface area contributed by atoms with Gasteiger partial charge >= 0.3 is 0 Å². The van der Waals surface area contributed by atoms with Crippen LogP contribution in [-0.2, 0) is 9.53 Å². The number of nitro benzene ring substituents is 1. The van der Waals surface area contributed by atoms with Crippen LogP contribution in [0.5, 0.6) is 0 Å². The molecule has 170 valence electrons. The maximum Gasteiger partial charge on any atom is 0.269 e. The molecule has 2 aromatic carbocycles. The van der Waals surface area contributed by atoms with E-state index in [-0.39, 0.29) is 28.3 Å². The fourth-order valence-electron chi connectivity index (χ4n) is 5.01. The molecule has 1 unspecified atom stereocenters. The van der Waals surface area contributed by atoms with Crippen molar-refractivity contribution in [3.8, 4) is 17.3 Å². The molecule has 0 bridgehead atoms. The molecule has 3 N–H and O–H groups in total. The van der Waals surface area contributed by atoms with Crippen molar-refractivity contribution in [2.75, 3.05) is 0 Å². The maximum atomic E-state index is 13.4. The first-order valence-corrected chi connectivity index (χ1v) is 10.9. The molecule has 3 aromatic rings. The number of benzene rings is 2. The number of nitrogens with one attached hydrogen (secondary N) is 1. The minimum Gasteiger partial charge on any atom is -0.444 e. The van der Waals surface area contributed by atoms with Crippen LogP contribution in [0.1, 0.15) is 38.2 Å². The Morgan fingerprint density at radius 2 is 1.88 bits per heavy atom. The Labute approximate surface area is 195 Å². The lowest BCUT2D eigenvalue weighted by Gasteiger charge is -2.37. The predicted octanol–water partition coefficient (Wildman–Crippen LogP) is 5.19. The summed E-state index contributed by atoms with van der Waals surface area (Å²) in [5, 5.41) is 22.0. The molecule has 0 amide bonds. The standard InChI is InChI=1S/C26H22N4O4/c1-26(2)11-19(31)23-20(12-26)34-25(28)17(13-27)21(23)22-16-5-3-4-6-18(16)29-24(22)14-7-9-15(10-8-14)30(32)33/h3-10,21,29H,11-12,28H2,1-2H3. The van der Waals surface area contributed by atoms with E-state index >= 15 is 0 Å². The highest BCUT2D eigenvalue weighted by atomic mass is 16.6. The van der Waals surface area contributed by atoms with E-state index < -0.39 is 10.8 Å². The van der Waals surface area contributed by atoms with Crippen molar-refractivity contribution in [3.63, 3.8) is 0 Å². The number of H-pyrrole nitrogens is 1. The normalized spacial score (nSPS) is 19.6. The number of carbonyl (C=O) groups is 1. The minimum atomic E-state index is -0.710. The lowest BCUT2D eigenvalue weighted by molar-refractivity contribution is -0.384. The summed E-state index contributed by atoms with van der Waals surface area (Å²) < 4.78 is 5.84. The molecular weight excluding hydrogens is 432 g/mol. The predicted molar refractivity (Wildman–Crippen MR) is 126 cm³/mol. The van der Waals surface area contributed by atoms with Gasteiger partial charge in [0, 0.05) is 41.5 Å². The van der Waals surface area contributed by atoms with Gasteiger partial charge in [0.15, 0.2) is 5.78 Å². The number of Topliss-reactive ketones (excluding diaryl/α,β-unsaturated/α-hetero) is 1. The Kier molecular flexibility index (Phi) is 4.79. The molecule has 2 heterocycles. The second-order valence-electron chi connectivity index (χ2n) is 9.47. The SMILES string of the molecule is CC1(C)CC(=O)C2=C(C1)OC(N)=C(C#N)C2c1c(-c2ccc([N+](=O)[O-])cc2)[nH]c2ccccc12. The lowest BCUT2D eigenvalue weighted by Crippen LogP contribution is -2.33. The van der Waals surface area contributed by atoms with E-state index in [9.17, 15) is 20.2 Å². The number of aromatic nitrogens is 1. The summed E-state index contributed by atoms with van der Waals surface area (Å²) in [4.78, 5) is 27.5. The number of nitrogens with zero attached hydrogens (tertiary/aromatic N) is 2. The summed E-state index contributed by atoms with van der Waals surface area (Å²) in [6.45, 7) is 4.00. The van der Waals surface area contributed by atoms with Gasteiger partial charge in [-0.05, 0) is 34.7 Å². The topological polar surface area (TPSA) is 135 Å². The first-order chi connectivity index (χ1) is 16.2. The monoisotopic (exact) mass is 454 g/mol. The molecule has 0 fully saturated rings. The van der Waals surface area contributed by atoms with Crippen LogP contribution >= 0.6 is 0 Å². The average molecular weight is 454 g/mol. The summed E-state index contributed by atoms with van der Waals surface area (Å²) in [6.07, 6.45) is 0.860. The number of non-ortho nitro benzene ring substituents is 1. The number of fused-ring (bicyclic) bond motifs is 1. The fraction of sp³-hybridized carbons (Fsp3) is 0.231. The highest BCUT2D eigenvalue weighted by Gasteiger charge is 2.44. The summed E-state index contributed by atoms with van der Waals surface area (Å²) in [5.74, 6) is -0.283. The quantitative estimate of drug-likeness (QED) is 0.413. The van der Waals surface area contributed by atoms with Gasteiger partial charge in [-0.2, -0.15) is 5.26 Å². The number of nitrogens with two attached hydrogens (primary N) is 1. The molecule has 1 aliphatic carbocycles. The van der Waals surface area contributed by atoms with Gasteiger partial charge in [-0.25, -0.2) is 0 Å². The maximum absolute atomic E-state index is 13.4. The van der Waals surface area contributed by atoms with Crippen molar-refractivity contribution in [2.24, 2.45) is 11.1 Å². The number of allylic oxidation sites excluding steroid dienone is 3. The van der Waals surface area contributed by atoms with Crippen LogP contribution in [0.25, 0.3) is 22.2 Å². The first kappa shape index (κ1) is 21.5. The summed E-state index contributed by atoms with van der Waals surface area (Å²) in [7, 11) is 0. The van der Waals surface area contributed by atoms with Crippen LogP contribution < -0.4 is 5.73 Å². The highest BCUT2D eigenvalue weighted by molar-refractivity contribution is 6.03. The van der Waals surface area contributed by atoms with Gasteiger partial charge in [-0.1, -0.05) is 32.0 Å². The number of carbonyl (C=O) groups excluding carboxylic acids is 1. The second kappa shape index (κ2) is 7.59.